The predicted molar refractivity (Wildman–Crippen MR) is 76.4 cm³/mol. The molecule has 0 aromatic heterocycles. The molecule has 104 valence electrons. The number of nitrogens with one attached hydrogen (secondary N) is 2. The third-order valence-electron chi connectivity index (χ3n) is 2.80. The molecule has 0 aliphatic heterocycles. The Kier molecular flexibility index (Phi) is 5.36. The fourth-order valence-electron chi connectivity index (χ4n) is 1.50. The number of hydrogen-bond acceptors (Lipinski definition) is 2. The van der Waals surface area contributed by atoms with Gasteiger partial charge in [-0.15, -0.1) is 0 Å². The molecular formula is C14H21N3O2. The minimum Gasteiger partial charge on any atom is -0.345 e. The summed E-state index contributed by atoms with van der Waals surface area (Å²) >= 11 is 0. The number of anilines is 1. The SMILES string of the molecule is CC[C@H](C)NC(=O)Nc1ccccc1C(=O)N(C)C. The summed E-state index contributed by atoms with van der Waals surface area (Å²) in [6.45, 7) is 3.92. The third kappa shape index (κ3) is 4.28. The Morgan fingerprint density at radius 3 is 2.47 bits per heavy atom. The highest BCUT2D eigenvalue weighted by Gasteiger charge is 2.14. The first-order valence-corrected chi connectivity index (χ1v) is 6.34. The van der Waals surface area contributed by atoms with Gasteiger partial charge in [-0.05, 0) is 25.5 Å². The van der Waals surface area contributed by atoms with Crippen molar-refractivity contribution in [2.75, 3.05) is 19.4 Å². The van der Waals surface area contributed by atoms with Crippen LogP contribution in [0.4, 0.5) is 10.5 Å². The van der Waals surface area contributed by atoms with Crippen LogP contribution in [0.2, 0.25) is 0 Å². The minimum atomic E-state index is -0.298. The highest BCUT2D eigenvalue weighted by molar-refractivity contribution is 6.03. The summed E-state index contributed by atoms with van der Waals surface area (Å²) in [7, 11) is 3.36. The lowest BCUT2D eigenvalue weighted by molar-refractivity contribution is 0.0828. The molecule has 1 atom stereocenters. The molecule has 1 rings (SSSR count). The van der Waals surface area contributed by atoms with Crippen LogP contribution in [0.15, 0.2) is 24.3 Å². The second-order valence-electron chi connectivity index (χ2n) is 4.65. The van der Waals surface area contributed by atoms with E-state index in [1.807, 2.05) is 13.8 Å². The van der Waals surface area contributed by atoms with Crippen molar-refractivity contribution in [2.24, 2.45) is 0 Å². The zero-order valence-electron chi connectivity index (χ0n) is 11.9. The van der Waals surface area contributed by atoms with E-state index in [4.69, 9.17) is 0 Å². The van der Waals surface area contributed by atoms with Gasteiger partial charge in [0.2, 0.25) is 0 Å². The number of amides is 3. The van der Waals surface area contributed by atoms with E-state index < -0.39 is 0 Å². The number of urea groups is 1. The zero-order valence-corrected chi connectivity index (χ0v) is 11.9. The maximum atomic E-state index is 12.0. The minimum absolute atomic E-state index is 0.0942. The van der Waals surface area contributed by atoms with Gasteiger partial charge in [-0.2, -0.15) is 0 Å². The summed E-state index contributed by atoms with van der Waals surface area (Å²) in [5.74, 6) is -0.139. The Hall–Kier alpha value is -2.04. The highest BCUT2D eigenvalue weighted by Crippen LogP contribution is 2.16. The molecule has 5 nitrogen and oxygen atoms in total. The molecule has 0 unspecified atom stereocenters. The van der Waals surface area contributed by atoms with Gasteiger partial charge in [-0.3, -0.25) is 4.79 Å². The van der Waals surface area contributed by atoms with Crippen LogP contribution in [0, 0.1) is 0 Å². The molecule has 1 aromatic rings. The Bertz CT molecular complexity index is 458. The number of rotatable bonds is 4. The Morgan fingerprint density at radius 2 is 1.89 bits per heavy atom. The van der Waals surface area contributed by atoms with E-state index in [1.54, 1.807) is 38.4 Å². The van der Waals surface area contributed by atoms with Crippen LogP contribution in [0.1, 0.15) is 30.6 Å². The van der Waals surface area contributed by atoms with E-state index in [0.717, 1.165) is 6.42 Å². The maximum absolute atomic E-state index is 12.0. The van der Waals surface area contributed by atoms with Crippen molar-refractivity contribution in [3.63, 3.8) is 0 Å². The Balaban J connectivity index is 2.84. The number of carbonyl (C=O) groups is 2. The van der Waals surface area contributed by atoms with Crippen LogP contribution >= 0.6 is 0 Å². The van der Waals surface area contributed by atoms with Crippen molar-refractivity contribution in [2.45, 2.75) is 26.3 Å². The molecule has 0 spiro atoms. The Morgan fingerprint density at radius 1 is 1.26 bits per heavy atom. The summed E-state index contributed by atoms with van der Waals surface area (Å²) in [5.41, 5.74) is 0.994. The summed E-state index contributed by atoms with van der Waals surface area (Å²) in [6.07, 6.45) is 0.853. The largest absolute Gasteiger partial charge is 0.345 e. The van der Waals surface area contributed by atoms with Crippen LogP contribution in [0.5, 0.6) is 0 Å². The fourth-order valence-corrected chi connectivity index (χ4v) is 1.50. The van der Waals surface area contributed by atoms with E-state index in [-0.39, 0.29) is 18.0 Å². The van der Waals surface area contributed by atoms with Crippen molar-refractivity contribution < 1.29 is 9.59 Å². The second kappa shape index (κ2) is 6.78. The zero-order chi connectivity index (χ0) is 14.4. The molecule has 0 aliphatic carbocycles. The number of hydrogen-bond donors (Lipinski definition) is 2. The lowest BCUT2D eigenvalue weighted by atomic mass is 10.1. The van der Waals surface area contributed by atoms with Crippen LogP contribution in [0.25, 0.3) is 0 Å². The average molecular weight is 263 g/mol. The average Bonchev–Trinajstić information content (AvgIpc) is 2.38. The molecule has 0 saturated heterocycles. The summed E-state index contributed by atoms with van der Waals surface area (Å²) in [5, 5.41) is 5.51. The van der Waals surface area contributed by atoms with Crippen LogP contribution in [-0.2, 0) is 0 Å². The van der Waals surface area contributed by atoms with Gasteiger partial charge in [0.15, 0.2) is 0 Å². The first-order valence-electron chi connectivity index (χ1n) is 6.34. The van der Waals surface area contributed by atoms with Gasteiger partial charge < -0.3 is 15.5 Å². The molecule has 3 amide bonds. The molecule has 0 saturated carbocycles. The van der Waals surface area contributed by atoms with E-state index in [1.165, 1.54) is 4.90 Å². The van der Waals surface area contributed by atoms with E-state index in [0.29, 0.717) is 11.3 Å². The topological polar surface area (TPSA) is 61.4 Å². The number of para-hydroxylation sites is 1. The molecular weight excluding hydrogens is 242 g/mol. The van der Waals surface area contributed by atoms with E-state index >= 15 is 0 Å². The van der Waals surface area contributed by atoms with Crippen LogP contribution in [-0.4, -0.2) is 37.0 Å². The number of nitrogens with zero attached hydrogens (tertiary/aromatic N) is 1. The molecule has 0 bridgehead atoms. The molecule has 0 heterocycles. The second-order valence-corrected chi connectivity index (χ2v) is 4.65. The van der Waals surface area contributed by atoms with Crippen molar-refractivity contribution in [3.8, 4) is 0 Å². The normalized spacial score (nSPS) is 11.6. The molecule has 0 aliphatic rings. The number of carbonyl (C=O) groups excluding carboxylic acids is 2. The highest BCUT2D eigenvalue weighted by atomic mass is 16.2. The number of benzene rings is 1. The van der Waals surface area contributed by atoms with Crippen molar-refractivity contribution in [1.82, 2.24) is 10.2 Å². The molecule has 1 aromatic carbocycles. The van der Waals surface area contributed by atoms with Crippen molar-refractivity contribution in [1.29, 1.82) is 0 Å². The summed E-state index contributed by atoms with van der Waals surface area (Å²) < 4.78 is 0. The first-order chi connectivity index (χ1) is 8.95. The third-order valence-corrected chi connectivity index (χ3v) is 2.80. The van der Waals surface area contributed by atoms with Gasteiger partial charge in [-0.1, -0.05) is 19.1 Å². The fraction of sp³-hybridized carbons (Fsp3) is 0.429. The molecule has 0 radical (unpaired) electrons. The van der Waals surface area contributed by atoms with Crippen molar-refractivity contribution >= 4 is 17.6 Å². The molecule has 2 N–H and O–H groups in total. The van der Waals surface area contributed by atoms with Gasteiger partial charge in [0.1, 0.15) is 0 Å². The lowest BCUT2D eigenvalue weighted by Gasteiger charge is -2.16. The summed E-state index contributed by atoms with van der Waals surface area (Å²) in [6, 6.07) is 6.76. The maximum Gasteiger partial charge on any atom is 0.319 e. The lowest BCUT2D eigenvalue weighted by Crippen LogP contribution is -2.36. The van der Waals surface area contributed by atoms with Gasteiger partial charge in [0, 0.05) is 20.1 Å². The quantitative estimate of drug-likeness (QED) is 0.875. The molecule has 19 heavy (non-hydrogen) atoms. The molecule has 5 heteroatoms. The van der Waals surface area contributed by atoms with E-state index in [2.05, 4.69) is 10.6 Å². The molecule has 0 fully saturated rings. The van der Waals surface area contributed by atoms with Gasteiger partial charge in [0.05, 0.1) is 11.3 Å². The Labute approximate surface area is 114 Å². The standard InChI is InChI=1S/C14H21N3O2/c1-5-10(2)15-14(19)16-12-9-7-6-8-11(12)13(18)17(3)4/h6-10H,5H2,1-4H3,(H2,15,16,19)/t10-/m0/s1. The smallest absolute Gasteiger partial charge is 0.319 e. The van der Waals surface area contributed by atoms with Crippen LogP contribution < -0.4 is 10.6 Å². The predicted octanol–water partition coefficient (Wildman–Crippen LogP) is 2.31. The van der Waals surface area contributed by atoms with Crippen molar-refractivity contribution in [3.05, 3.63) is 29.8 Å². The van der Waals surface area contributed by atoms with Gasteiger partial charge in [-0.25, -0.2) is 4.79 Å². The van der Waals surface area contributed by atoms with Gasteiger partial charge >= 0.3 is 6.03 Å². The van der Waals surface area contributed by atoms with Gasteiger partial charge in [0.25, 0.3) is 5.91 Å². The summed E-state index contributed by atoms with van der Waals surface area (Å²) in [4.78, 5) is 25.2. The first kappa shape index (κ1) is 15.0. The monoisotopic (exact) mass is 263 g/mol. The van der Waals surface area contributed by atoms with Crippen LogP contribution in [0.3, 0.4) is 0 Å². The van der Waals surface area contributed by atoms with E-state index in [9.17, 15) is 9.59 Å².